The van der Waals surface area contributed by atoms with Gasteiger partial charge in [-0.25, -0.2) is 14.2 Å². The summed E-state index contributed by atoms with van der Waals surface area (Å²) in [5, 5.41) is 3.67. The highest BCUT2D eigenvalue weighted by Gasteiger charge is 2.33. The summed E-state index contributed by atoms with van der Waals surface area (Å²) >= 11 is 0. The summed E-state index contributed by atoms with van der Waals surface area (Å²) in [5.41, 5.74) is 4.69. The van der Waals surface area contributed by atoms with Gasteiger partial charge in [0, 0.05) is 44.8 Å². The van der Waals surface area contributed by atoms with Gasteiger partial charge in [0.15, 0.2) is 0 Å². The summed E-state index contributed by atoms with van der Waals surface area (Å²) in [5.74, 6) is -0.166. The minimum atomic E-state index is -0.637. The summed E-state index contributed by atoms with van der Waals surface area (Å²) in [6.07, 6.45) is 2.01. The van der Waals surface area contributed by atoms with Crippen molar-refractivity contribution >= 4 is 45.8 Å². The van der Waals surface area contributed by atoms with E-state index in [0.29, 0.717) is 41.2 Å². The van der Waals surface area contributed by atoms with Crippen LogP contribution in [0, 0.1) is 12.7 Å². The fourth-order valence-corrected chi connectivity index (χ4v) is 5.81. The summed E-state index contributed by atoms with van der Waals surface area (Å²) < 4.78 is 22.1. The van der Waals surface area contributed by atoms with Crippen LogP contribution < -0.4 is 20.7 Å². The molecule has 2 aliphatic heterocycles. The molecule has 6 rings (SSSR count). The summed E-state index contributed by atoms with van der Waals surface area (Å²) in [6.45, 7) is 9.82. The molecule has 10 nitrogen and oxygen atoms in total. The lowest BCUT2D eigenvalue weighted by atomic mass is 9.99. The number of halogens is 1. The monoisotopic (exact) mass is 585 g/mol. The molecule has 0 unspecified atom stereocenters. The summed E-state index contributed by atoms with van der Waals surface area (Å²) in [4.78, 5) is 41.7. The van der Waals surface area contributed by atoms with Crippen molar-refractivity contribution in [1.82, 2.24) is 19.4 Å². The number of para-hydroxylation sites is 1. The van der Waals surface area contributed by atoms with Crippen molar-refractivity contribution in [1.29, 1.82) is 0 Å². The van der Waals surface area contributed by atoms with Gasteiger partial charge in [0.05, 0.1) is 17.1 Å². The van der Waals surface area contributed by atoms with Crippen LogP contribution in [-0.4, -0.2) is 57.8 Å². The number of ether oxygens (including phenoxy) is 1. The Morgan fingerprint density at radius 1 is 1.05 bits per heavy atom. The Morgan fingerprint density at radius 2 is 1.84 bits per heavy atom. The SMILES string of the molecule is Cc1cccc2c1N(C(=O)OC(C)(C)C)CCN2c1cc2cnc(Nc3cc4c(cc3F)CCN(C)C4)nc2n(C)c1=O. The zero-order valence-corrected chi connectivity index (χ0v) is 25.4. The van der Waals surface area contributed by atoms with E-state index in [1.807, 2.05) is 63.9 Å². The second-order valence-corrected chi connectivity index (χ2v) is 12.3. The molecular weight excluding hydrogens is 549 g/mol. The van der Waals surface area contributed by atoms with E-state index in [0.717, 1.165) is 41.9 Å². The lowest BCUT2D eigenvalue weighted by molar-refractivity contribution is 0.0580. The third kappa shape index (κ3) is 5.40. The number of carbonyl (C=O) groups excluding carboxylic acids is 1. The van der Waals surface area contributed by atoms with Gasteiger partial charge < -0.3 is 19.9 Å². The van der Waals surface area contributed by atoms with Crippen molar-refractivity contribution in [3.8, 4) is 0 Å². The van der Waals surface area contributed by atoms with Crippen molar-refractivity contribution in [2.75, 3.05) is 41.8 Å². The molecular formula is C32H36FN7O3. The van der Waals surface area contributed by atoms with E-state index < -0.39 is 11.7 Å². The number of anilines is 5. The maximum absolute atomic E-state index is 15.0. The molecule has 1 amide bonds. The molecule has 0 saturated carbocycles. The standard InChI is InChI=1S/C32H36FN7O3/c1-19-8-7-9-25-27(19)40(31(42)43-32(2,3)4)13-12-39(25)26-16-21-17-34-30(36-28(21)38(6)29(26)41)35-24-15-22-18-37(5)11-10-20(22)14-23(24)33/h7-9,14-17H,10-13,18H2,1-6H3,(H,34,35,36). The number of amides is 1. The van der Waals surface area contributed by atoms with Crippen LogP contribution in [0.25, 0.3) is 11.0 Å². The number of carbonyl (C=O) groups is 1. The number of nitrogens with one attached hydrogen (secondary N) is 1. The highest BCUT2D eigenvalue weighted by molar-refractivity contribution is 5.97. The van der Waals surface area contributed by atoms with Gasteiger partial charge >= 0.3 is 6.09 Å². The molecule has 0 saturated heterocycles. The normalized spacial score (nSPS) is 15.3. The lowest BCUT2D eigenvalue weighted by Gasteiger charge is -2.39. The molecule has 0 spiro atoms. The molecule has 0 aliphatic carbocycles. The van der Waals surface area contributed by atoms with Crippen LogP contribution in [0.5, 0.6) is 0 Å². The molecule has 0 atom stereocenters. The van der Waals surface area contributed by atoms with E-state index in [4.69, 9.17) is 4.74 Å². The number of aromatic nitrogens is 3. The van der Waals surface area contributed by atoms with Crippen LogP contribution in [0.1, 0.15) is 37.5 Å². The van der Waals surface area contributed by atoms with Gasteiger partial charge in [0.1, 0.15) is 22.8 Å². The number of benzene rings is 2. The molecule has 0 radical (unpaired) electrons. The first kappa shape index (κ1) is 28.6. The van der Waals surface area contributed by atoms with Crippen LogP contribution in [0.15, 0.2) is 47.4 Å². The molecule has 4 aromatic rings. The number of hydrogen-bond donors (Lipinski definition) is 1. The van der Waals surface area contributed by atoms with Gasteiger partial charge in [0.2, 0.25) is 5.95 Å². The van der Waals surface area contributed by atoms with Crippen LogP contribution in [0.2, 0.25) is 0 Å². The Labute approximate surface area is 249 Å². The van der Waals surface area contributed by atoms with E-state index >= 15 is 0 Å². The lowest BCUT2D eigenvalue weighted by Crippen LogP contribution is -2.46. The minimum Gasteiger partial charge on any atom is -0.443 e. The smallest absolute Gasteiger partial charge is 0.414 e. The van der Waals surface area contributed by atoms with Crippen molar-refractivity contribution in [3.63, 3.8) is 0 Å². The summed E-state index contributed by atoms with van der Waals surface area (Å²) in [6, 6.07) is 10.9. The van der Waals surface area contributed by atoms with E-state index in [1.165, 1.54) is 4.57 Å². The van der Waals surface area contributed by atoms with E-state index in [9.17, 15) is 14.0 Å². The average Bonchev–Trinajstić information content (AvgIpc) is 2.94. The molecule has 2 aromatic carbocycles. The fraction of sp³-hybridized carbons (Fsp3) is 0.375. The Hall–Kier alpha value is -4.51. The molecule has 4 heterocycles. The molecule has 224 valence electrons. The van der Waals surface area contributed by atoms with Crippen LogP contribution in [0.4, 0.5) is 37.9 Å². The first-order valence-corrected chi connectivity index (χ1v) is 14.4. The number of aryl methyl sites for hydroxylation is 2. The molecule has 0 fully saturated rings. The van der Waals surface area contributed by atoms with Crippen molar-refractivity contribution in [2.45, 2.75) is 46.3 Å². The number of rotatable bonds is 3. The molecule has 11 heteroatoms. The predicted octanol–water partition coefficient (Wildman–Crippen LogP) is 5.40. The number of pyridine rings is 1. The number of hydrogen-bond acceptors (Lipinski definition) is 8. The van der Waals surface area contributed by atoms with Gasteiger partial charge in [0.25, 0.3) is 5.56 Å². The predicted molar refractivity (Wildman–Crippen MR) is 166 cm³/mol. The number of nitrogens with zero attached hydrogens (tertiary/aromatic N) is 6. The largest absolute Gasteiger partial charge is 0.443 e. The third-order valence-electron chi connectivity index (χ3n) is 7.90. The Bertz CT molecular complexity index is 1810. The molecule has 2 aliphatic rings. The van der Waals surface area contributed by atoms with Gasteiger partial charge in [-0.1, -0.05) is 12.1 Å². The molecule has 0 bridgehead atoms. The Kier molecular flexibility index (Phi) is 7.08. The van der Waals surface area contributed by atoms with Crippen molar-refractivity contribution in [3.05, 3.63) is 75.5 Å². The topological polar surface area (TPSA) is 95.8 Å². The van der Waals surface area contributed by atoms with Crippen LogP contribution >= 0.6 is 0 Å². The minimum absolute atomic E-state index is 0.199. The first-order valence-electron chi connectivity index (χ1n) is 14.4. The zero-order chi connectivity index (χ0) is 30.6. The van der Waals surface area contributed by atoms with Crippen LogP contribution in [-0.2, 0) is 24.8 Å². The van der Waals surface area contributed by atoms with E-state index in [-0.39, 0.29) is 17.3 Å². The summed E-state index contributed by atoms with van der Waals surface area (Å²) in [7, 11) is 3.70. The second-order valence-electron chi connectivity index (χ2n) is 12.3. The Morgan fingerprint density at radius 3 is 2.60 bits per heavy atom. The van der Waals surface area contributed by atoms with Crippen molar-refractivity contribution < 1.29 is 13.9 Å². The van der Waals surface area contributed by atoms with E-state index in [1.54, 1.807) is 30.3 Å². The molecule has 43 heavy (non-hydrogen) atoms. The highest BCUT2D eigenvalue weighted by Crippen LogP contribution is 2.40. The van der Waals surface area contributed by atoms with Crippen LogP contribution in [0.3, 0.4) is 0 Å². The first-order chi connectivity index (χ1) is 20.4. The van der Waals surface area contributed by atoms with Gasteiger partial charge in [-0.3, -0.25) is 14.3 Å². The number of fused-ring (bicyclic) bond motifs is 3. The Balaban J connectivity index is 1.35. The second kappa shape index (κ2) is 10.6. The van der Waals surface area contributed by atoms with Crippen molar-refractivity contribution in [2.24, 2.45) is 7.05 Å². The third-order valence-corrected chi connectivity index (χ3v) is 7.90. The maximum Gasteiger partial charge on any atom is 0.414 e. The highest BCUT2D eigenvalue weighted by atomic mass is 19.1. The number of likely N-dealkylation sites (N-methyl/N-ethyl adjacent to an activating group) is 1. The average molecular weight is 586 g/mol. The fourth-order valence-electron chi connectivity index (χ4n) is 5.81. The quantitative estimate of drug-likeness (QED) is 0.342. The van der Waals surface area contributed by atoms with E-state index in [2.05, 4.69) is 20.2 Å². The maximum atomic E-state index is 15.0. The van der Waals surface area contributed by atoms with Gasteiger partial charge in [-0.05, 0) is 82.1 Å². The zero-order valence-electron chi connectivity index (χ0n) is 25.4. The molecule has 2 aromatic heterocycles. The van der Waals surface area contributed by atoms with Gasteiger partial charge in [-0.15, -0.1) is 0 Å². The van der Waals surface area contributed by atoms with Gasteiger partial charge in [-0.2, -0.15) is 4.98 Å². The molecule has 1 N–H and O–H groups in total.